The lowest BCUT2D eigenvalue weighted by molar-refractivity contribution is -0.386. The van der Waals surface area contributed by atoms with Crippen LogP contribution in [0.15, 0.2) is 22.7 Å². The van der Waals surface area contributed by atoms with Gasteiger partial charge in [0, 0.05) is 16.1 Å². The highest BCUT2D eigenvalue weighted by atomic mass is 79.9. The summed E-state index contributed by atoms with van der Waals surface area (Å²) in [6.07, 6.45) is 0. The minimum atomic E-state index is -0.442. The van der Waals surface area contributed by atoms with Crippen molar-refractivity contribution in [3.05, 3.63) is 32.8 Å². The maximum Gasteiger partial charge on any atom is 0.312 e. The van der Waals surface area contributed by atoms with Gasteiger partial charge in [0.25, 0.3) is 0 Å². The number of hydrogen-bond donors (Lipinski definition) is 0. The molecule has 0 aliphatic rings. The van der Waals surface area contributed by atoms with Crippen molar-refractivity contribution in [2.45, 2.75) is 19.4 Å². The summed E-state index contributed by atoms with van der Waals surface area (Å²) >= 11 is 3.21. The van der Waals surface area contributed by atoms with E-state index in [0.717, 1.165) is 0 Å². The molecule has 6 heteroatoms. The summed E-state index contributed by atoms with van der Waals surface area (Å²) in [5.41, 5.74) is -0.222. The SMILES string of the molecule is CN(C)C(C)(C)COc1ccc(Br)cc1[N+](=O)[O-]. The lowest BCUT2D eigenvalue weighted by Crippen LogP contribution is -2.43. The molecule has 0 saturated carbocycles. The number of hydrogen-bond acceptors (Lipinski definition) is 4. The Hall–Kier alpha value is -1.14. The first-order chi connectivity index (χ1) is 8.24. The molecule has 0 saturated heterocycles. The fourth-order valence-electron chi connectivity index (χ4n) is 1.14. The van der Waals surface area contributed by atoms with Crippen molar-refractivity contribution in [1.82, 2.24) is 4.90 Å². The molecule has 0 heterocycles. The van der Waals surface area contributed by atoms with Crippen LogP contribution in [0.4, 0.5) is 5.69 Å². The third-order valence-electron chi connectivity index (χ3n) is 2.91. The molecule has 0 radical (unpaired) electrons. The number of halogens is 1. The molecule has 0 aliphatic heterocycles. The van der Waals surface area contributed by atoms with Crippen molar-refractivity contribution in [1.29, 1.82) is 0 Å². The second kappa shape index (κ2) is 5.67. The highest BCUT2D eigenvalue weighted by molar-refractivity contribution is 9.10. The summed E-state index contributed by atoms with van der Waals surface area (Å²) in [5, 5.41) is 10.9. The van der Waals surface area contributed by atoms with Gasteiger partial charge < -0.3 is 9.64 Å². The van der Waals surface area contributed by atoms with Crippen LogP contribution < -0.4 is 4.74 Å². The van der Waals surface area contributed by atoms with Gasteiger partial charge in [0.1, 0.15) is 6.61 Å². The second-order valence-electron chi connectivity index (χ2n) is 4.86. The van der Waals surface area contributed by atoms with Gasteiger partial charge in [0.2, 0.25) is 0 Å². The van der Waals surface area contributed by atoms with Crippen molar-refractivity contribution < 1.29 is 9.66 Å². The monoisotopic (exact) mass is 316 g/mol. The number of nitro groups is 1. The van der Waals surface area contributed by atoms with Crippen LogP contribution in [0.25, 0.3) is 0 Å². The molecule has 100 valence electrons. The average molecular weight is 317 g/mol. The molecule has 0 spiro atoms. The molecule has 5 nitrogen and oxygen atoms in total. The first kappa shape index (κ1) is 14.9. The standard InChI is InChI=1S/C12H17BrN2O3/c1-12(2,14(3)4)8-18-11-6-5-9(13)7-10(11)15(16)17/h5-7H,8H2,1-4H3. The lowest BCUT2D eigenvalue weighted by atomic mass is 10.1. The molecule has 0 unspecified atom stereocenters. The predicted octanol–water partition coefficient (Wildman–Crippen LogP) is 3.08. The van der Waals surface area contributed by atoms with E-state index in [4.69, 9.17) is 4.74 Å². The maximum absolute atomic E-state index is 10.9. The predicted molar refractivity (Wildman–Crippen MR) is 74.1 cm³/mol. The summed E-state index contributed by atoms with van der Waals surface area (Å²) in [7, 11) is 3.89. The van der Waals surface area contributed by atoms with E-state index in [1.807, 2.05) is 32.8 Å². The topological polar surface area (TPSA) is 55.6 Å². The average Bonchev–Trinajstić information content (AvgIpc) is 2.27. The lowest BCUT2D eigenvalue weighted by Gasteiger charge is -2.32. The Morgan fingerprint density at radius 3 is 2.56 bits per heavy atom. The van der Waals surface area contributed by atoms with Gasteiger partial charge in [-0.1, -0.05) is 15.9 Å². The van der Waals surface area contributed by atoms with Crippen LogP contribution in [0.5, 0.6) is 5.75 Å². The number of likely N-dealkylation sites (N-methyl/N-ethyl adjacent to an activating group) is 1. The Morgan fingerprint density at radius 2 is 2.06 bits per heavy atom. The van der Waals surface area contributed by atoms with E-state index >= 15 is 0 Å². The summed E-state index contributed by atoms with van der Waals surface area (Å²) in [5.74, 6) is 0.290. The largest absolute Gasteiger partial charge is 0.485 e. The van der Waals surface area contributed by atoms with Gasteiger partial charge in [-0.25, -0.2) is 0 Å². The van der Waals surface area contributed by atoms with Gasteiger partial charge in [-0.15, -0.1) is 0 Å². The molecule has 0 aliphatic carbocycles. The van der Waals surface area contributed by atoms with Gasteiger partial charge in [0.05, 0.1) is 4.92 Å². The van der Waals surface area contributed by atoms with E-state index in [0.29, 0.717) is 11.1 Å². The molecule has 0 atom stereocenters. The van der Waals surface area contributed by atoms with Crippen LogP contribution >= 0.6 is 15.9 Å². The van der Waals surface area contributed by atoms with Crippen LogP contribution in [0.3, 0.4) is 0 Å². The quantitative estimate of drug-likeness (QED) is 0.618. The smallest absolute Gasteiger partial charge is 0.312 e. The Balaban J connectivity index is 2.89. The molecule has 0 N–H and O–H groups in total. The first-order valence-electron chi connectivity index (χ1n) is 5.48. The van der Waals surface area contributed by atoms with E-state index in [1.165, 1.54) is 6.07 Å². The van der Waals surface area contributed by atoms with E-state index in [1.54, 1.807) is 12.1 Å². The van der Waals surface area contributed by atoms with Crippen LogP contribution in [-0.2, 0) is 0 Å². The zero-order valence-corrected chi connectivity index (χ0v) is 12.5. The van der Waals surface area contributed by atoms with E-state index < -0.39 is 4.92 Å². The van der Waals surface area contributed by atoms with E-state index in [9.17, 15) is 10.1 Å². The van der Waals surface area contributed by atoms with E-state index in [2.05, 4.69) is 15.9 Å². The number of benzene rings is 1. The van der Waals surface area contributed by atoms with Gasteiger partial charge in [-0.05, 0) is 40.1 Å². The van der Waals surface area contributed by atoms with Crippen molar-refractivity contribution >= 4 is 21.6 Å². The molecule has 0 aromatic heterocycles. The maximum atomic E-state index is 10.9. The third-order valence-corrected chi connectivity index (χ3v) is 3.40. The van der Waals surface area contributed by atoms with Crippen molar-refractivity contribution in [2.75, 3.05) is 20.7 Å². The number of ether oxygens (including phenoxy) is 1. The van der Waals surface area contributed by atoms with Crippen molar-refractivity contribution in [3.63, 3.8) is 0 Å². The van der Waals surface area contributed by atoms with Gasteiger partial charge >= 0.3 is 5.69 Å². The summed E-state index contributed by atoms with van der Waals surface area (Å²) < 4.78 is 6.24. The zero-order valence-electron chi connectivity index (χ0n) is 10.9. The van der Waals surface area contributed by atoms with E-state index in [-0.39, 0.29) is 17.0 Å². The molecular weight excluding hydrogens is 300 g/mol. The third kappa shape index (κ3) is 3.68. The van der Waals surface area contributed by atoms with Crippen LogP contribution in [0.2, 0.25) is 0 Å². The molecule has 1 aromatic carbocycles. The van der Waals surface area contributed by atoms with Crippen LogP contribution in [0, 0.1) is 10.1 Å². The molecule has 1 aromatic rings. The molecule has 0 bridgehead atoms. The second-order valence-corrected chi connectivity index (χ2v) is 5.78. The molecule has 18 heavy (non-hydrogen) atoms. The Labute approximate surface area is 115 Å². The number of rotatable bonds is 5. The molecular formula is C12H17BrN2O3. The fourth-order valence-corrected chi connectivity index (χ4v) is 1.49. The zero-order chi connectivity index (χ0) is 13.9. The molecule has 1 rings (SSSR count). The first-order valence-corrected chi connectivity index (χ1v) is 6.27. The number of nitro benzene ring substituents is 1. The Bertz CT molecular complexity index is 447. The minimum absolute atomic E-state index is 0.0288. The van der Waals surface area contributed by atoms with Crippen LogP contribution in [0.1, 0.15) is 13.8 Å². The van der Waals surface area contributed by atoms with Gasteiger partial charge in [0.15, 0.2) is 5.75 Å². The van der Waals surface area contributed by atoms with Gasteiger partial charge in [-0.2, -0.15) is 0 Å². The summed E-state index contributed by atoms with van der Waals surface area (Å²) in [6.45, 7) is 4.40. The highest BCUT2D eigenvalue weighted by Crippen LogP contribution is 2.30. The number of nitrogens with zero attached hydrogens (tertiary/aromatic N) is 2. The Kier molecular flexibility index (Phi) is 4.70. The summed E-state index contributed by atoms with van der Waals surface area (Å²) in [6, 6.07) is 4.77. The Morgan fingerprint density at radius 1 is 1.44 bits per heavy atom. The summed E-state index contributed by atoms with van der Waals surface area (Å²) in [4.78, 5) is 12.5. The minimum Gasteiger partial charge on any atom is -0.485 e. The highest BCUT2D eigenvalue weighted by Gasteiger charge is 2.23. The molecule has 0 fully saturated rings. The normalized spacial score (nSPS) is 11.7. The fraction of sp³-hybridized carbons (Fsp3) is 0.500. The van der Waals surface area contributed by atoms with Crippen LogP contribution in [-0.4, -0.2) is 36.1 Å². The van der Waals surface area contributed by atoms with Crippen molar-refractivity contribution in [3.8, 4) is 5.75 Å². The molecule has 0 amide bonds. The van der Waals surface area contributed by atoms with Crippen molar-refractivity contribution in [2.24, 2.45) is 0 Å². The van der Waals surface area contributed by atoms with Gasteiger partial charge in [-0.3, -0.25) is 10.1 Å².